The van der Waals surface area contributed by atoms with Crippen molar-refractivity contribution in [2.75, 3.05) is 52.7 Å². The van der Waals surface area contributed by atoms with E-state index in [0.717, 1.165) is 22.2 Å². The number of ether oxygens (including phenoxy) is 3. The molecule has 0 unspecified atom stereocenters. The van der Waals surface area contributed by atoms with Crippen molar-refractivity contribution in [1.82, 2.24) is 15.6 Å². The molecule has 0 aliphatic carbocycles. The second kappa shape index (κ2) is 17.5. The summed E-state index contributed by atoms with van der Waals surface area (Å²) < 4.78 is 17.1. The monoisotopic (exact) mass is 518 g/mol. The Labute approximate surface area is 215 Å². The Hall–Kier alpha value is -2.91. The molecule has 1 heterocycles. The molecule has 0 atom stereocenters. The molecule has 0 saturated carbocycles. The van der Waals surface area contributed by atoms with Crippen LogP contribution in [0.15, 0.2) is 18.2 Å². The number of benzene rings is 1. The fourth-order valence-electron chi connectivity index (χ4n) is 3.17. The average molecular weight is 519 g/mol. The predicted molar refractivity (Wildman–Crippen MR) is 136 cm³/mol. The fraction of sp³-hybridized carbons (Fsp3) is 0.560. The van der Waals surface area contributed by atoms with Crippen molar-refractivity contribution in [3.05, 3.63) is 28.8 Å². The molecule has 0 saturated heterocycles. The van der Waals surface area contributed by atoms with Gasteiger partial charge in [0.2, 0.25) is 11.8 Å². The topological polar surface area (TPSA) is 140 Å². The van der Waals surface area contributed by atoms with E-state index in [1.165, 1.54) is 18.3 Å². The van der Waals surface area contributed by atoms with Gasteiger partial charge in [0.25, 0.3) is 0 Å². The molecule has 196 valence electrons. The Balaban J connectivity index is 1.40. The summed E-state index contributed by atoms with van der Waals surface area (Å²) in [6.45, 7) is 5.60. The third-order valence-electron chi connectivity index (χ3n) is 4.95. The molecule has 2 aromatic rings. The Kier molecular flexibility index (Phi) is 14.3. The highest BCUT2D eigenvalue weighted by Crippen LogP contribution is 2.23. The van der Waals surface area contributed by atoms with E-state index in [0.29, 0.717) is 64.2 Å². The van der Waals surface area contributed by atoms with E-state index in [4.69, 9.17) is 19.5 Å². The lowest BCUT2D eigenvalue weighted by atomic mass is 10.1. The number of carbonyl (C=O) groups is 3. The summed E-state index contributed by atoms with van der Waals surface area (Å²) in [5.41, 5.74) is 1.61. The number of aromatic nitrogens is 1. The normalized spacial score (nSPS) is 10.8. The van der Waals surface area contributed by atoms with Gasteiger partial charge in [0.15, 0.2) is 5.01 Å². The van der Waals surface area contributed by atoms with Crippen LogP contribution >= 0.6 is 11.3 Å². The van der Waals surface area contributed by atoms with Crippen LogP contribution < -0.4 is 10.6 Å². The SMILES string of the molecule is CC(=O)NCCCOCCOCCOCCCNC(=O)CCC(=O)Cc1ccc2nc(C#N)sc2c1. The molecule has 11 heteroatoms. The van der Waals surface area contributed by atoms with Gasteiger partial charge in [-0.3, -0.25) is 14.4 Å². The minimum Gasteiger partial charge on any atom is -0.379 e. The highest BCUT2D eigenvalue weighted by molar-refractivity contribution is 7.19. The Morgan fingerprint density at radius 2 is 1.58 bits per heavy atom. The maximum atomic E-state index is 12.2. The van der Waals surface area contributed by atoms with Crippen LogP contribution in [0.3, 0.4) is 0 Å². The maximum Gasteiger partial charge on any atom is 0.220 e. The molecule has 0 radical (unpaired) electrons. The van der Waals surface area contributed by atoms with Gasteiger partial charge in [-0.05, 0) is 30.5 Å². The first-order valence-corrected chi connectivity index (χ1v) is 12.8. The average Bonchev–Trinajstić information content (AvgIpc) is 3.27. The lowest BCUT2D eigenvalue weighted by Gasteiger charge is -2.08. The van der Waals surface area contributed by atoms with Crippen molar-refractivity contribution in [3.8, 4) is 6.07 Å². The van der Waals surface area contributed by atoms with Crippen LogP contribution in [0.4, 0.5) is 0 Å². The van der Waals surface area contributed by atoms with E-state index in [1.807, 2.05) is 24.3 Å². The van der Waals surface area contributed by atoms with Crippen LogP contribution in [0, 0.1) is 11.3 Å². The number of nitriles is 1. The molecule has 0 fully saturated rings. The Morgan fingerprint density at radius 3 is 2.22 bits per heavy atom. The van der Waals surface area contributed by atoms with Crippen LogP contribution in [0.25, 0.3) is 10.2 Å². The molecule has 1 aromatic heterocycles. The summed E-state index contributed by atoms with van der Waals surface area (Å²) in [5.74, 6) is -0.197. The van der Waals surface area contributed by atoms with E-state index in [2.05, 4.69) is 15.6 Å². The van der Waals surface area contributed by atoms with Crippen molar-refractivity contribution in [3.63, 3.8) is 0 Å². The molecular weight excluding hydrogens is 484 g/mol. The number of carbonyl (C=O) groups excluding carboxylic acids is 3. The number of nitrogens with one attached hydrogen (secondary N) is 2. The molecule has 1 aromatic carbocycles. The lowest BCUT2D eigenvalue weighted by Crippen LogP contribution is -2.26. The second-order valence-electron chi connectivity index (χ2n) is 8.03. The maximum absolute atomic E-state index is 12.2. The first-order valence-electron chi connectivity index (χ1n) is 12.0. The molecule has 0 aliphatic rings. The second-order valence-corrected chi connectivity index (χ2v) is 9.06. The van der Waals surface area contributed by atoms with Crippen LogP contribution in [0.5, 0.6) is 0 Å². The molecular formula is C25H34N4O6S. The summed E-state index contributed by atoms with van der Waals surface area (Å²) in [4.78, 5) is 39.1. The number of hydrogen-bond donors (Lipinski definition) is 2. The number of nitrogens with zero attached hydrogens (tertiary/aromatic N) is 2. The molecule has 36 heavy (non-hydrogen) atoms. The standard InChI is InChI=1S/C25H34N4O6S/c1-19(30)27-8-2-10-33-12-14-35-15-13-34-11-3-9-28-24(32)7-5-21(31)16-20-4-6-22-23(17-20)36-25(18-26)29-22/h4,6,17H,2-3,5,7-16H2,1H3,(H,27,30)(H,28,32). The number of Topliss-reactive ketones (excluding diaryl/α,β-unsaturated/α-hetero) is 1. The fourth-order valence-corrected chi connectivity index (χ4v) is 3.99. The lowest BCUT2D eigenvalue weighted by molar-refractivity contribution is -0.125. The van der Waals surface area contributed by atoms with Crippen molar-refractivity contribution < 1.29 is 28.6 Å². The van der Waals surface area contributed by atoms with Crippen molar-refractivity contribution in [1.29, 1.82) is 5.26 Å². The Morgan fingerprint density at radius 1 is 0.944 bits per heavy atom. The number of thiazole rings is 1. The van der Waals surface area contributed by atoms with E-state index in [9.17, 15) is 14.4 Å². The van der Waals surface area contributed by atoms with Gasteiger partial charge in [-0.15, -0.1) is 11.3 Å². The van der Waals surface area contributed by atoms with Crippen molar-refractivity contribution >= 4 is 39.2 Å². The first-order chi connectivity index (χ1) is 17.5. The van der Waals surface area contributed by atoms with Gasteiger partial charge < -0.3 is 24.8 Å². The van der Waals surface area contributed by atoms with Gasteiger partial charge in [0.05, 0.1) is 36.6 Å². The molecule has 2 N–H and O–H groups in total. The Bertz CT molecular complexity index is 1020. The highest BCUT2D eigenvalue weighted by atomic mass is 32.1. The summed E-state index contributed by atoms with van der Waals surface area (Å²) in [5, 5.41) is 14.9. The zero-order valence-corrected chi connectivity index (χ0v) is 21.5. The minimum atomic E-state index is -0.152. The van der Waals surface area contributed by atoms with Crippen molar-refractivity contribution in [2.24, 2.45) is 0 Å². The summed E-state index contributed by atoms with van der Waals surface area (Å²) in [7, 11) is 0. The number of hydrogen-bond acceptors (Lipinski definition) is 9. The molecule has 10 nitrogen and oxygen atoms in total. The summed E-state index contributed by atoms with van der Waals surface area (Å²) in [6, 6.07) is 7.55. The zero-order valence-electron chi connectivity index (χ0n) is 20.7. The van der Waals surface area contributed by atoms with Gasteiger partial charge in [0.1, 0.15) is 11.9 Å². The molecule has 0 aliphatic heterocycles. The van der Waals surface area contributed by atoms with Gasteiger partial charge in [-0.2, -0.15) is 5.26 Å². The van der Waals surface area contributed by atoms with Crippen molar-refractivity contribution in [2.45, 2.75) is 39.0 Å². The van der Waals surface area contributed by atoms with Gasteiger partial charge in [-0.25, -0.2) is 4.98 Å². The number of ketones is 1. The number of rotatable bonds is 19. The minimum absolute atomic E-state index is 0.00625. The number of fused-ring (bicyclic) bond motifs is 1. The highest BCUT2D eigenvalue weighted by Gasteiger charge is 2.10. The smallest absolute Gasteiger partial charge is 0.220 e. The van der Waals surface area contributed by atoms with E-state index in [-0.39, 0.29) is 36.9 Å². The summed E-state index contributed by atoms with van der Waals surface area (Å²) in [6.07, 6.45) is 2.04. The molecule has 0 spiro atoms. The molecule has 0 bridgehead atoms. The zero-order chi connectivity index (χ0) is 26.0. The van der Waals surface area contributed by atoms with E-state index < -0.39 is 0 Å². The van der Waals surface area contributed by atoms with E-state index >= 15 is 0 Å². The third kappa shape index (κ3) is 12.7. The van der Waals surface area contributed by atoms with E-state index in [1.54, 1.807) is 0 Å². The van der Waals surface area contributed by atoms with Gasteiger partial charge in [0, 0.05) is 52.5 Å². The van der Waals surface area contributed by atoms with Gasteiger partial charge in [-0.1, -0.05) is 6.07 Å². The number of amides is 2. The van der Waals surface area contributed by atoms with Crippen LogP contribution in [-0.4, -0.2) is 75.3 Å². The van der Waals surface area contributed by atoms with Crippen LogP contribution in [0.1, 0.15) is 43.2 Å². The van der Waals surface area contributed by atoms with Crippen LogP contribution in [0.2, 0.25) is 0 Å². The largest absolute Gasteiger partial charge is 0.379 e. The summed E-state index contributed by atoms with van der Waals surface area (Å²) >= 11 is 1.30. The van der Waals surface area contributed by atoms with Gasteiger partial charge >= 0.3 is 0 Å². The molecule has 2 amide bonds. The quantitative estimate of drug-likeness (QED) is 0.270. The van der Waals surface area contributed by atoms with Crippen LogP contribution in [-0.2, 0) is 35.0 Å². The first kappa shape index (κ1) is 29.3. The molecule has 2 rings (SSSR count). The predicted octanol–water partition coefficient (Wildman–Crippen LogP) is 2.14. The third-order valence-corrected chi connectivity index (χ3v) is 5.87.